The maximum Gasteiger partial charge on any atom is 0.123 e. The smallest absolute Gasteiger partial charge is 0.123 e. The van der Waals surface area contributed by atoms with Crippen LogP contribution in [0, 0.1) is 12.3 Å². The summed E-state index contributed by atoms with van der Waals surface area (Å²) in [6.07, 6.45) is 1.17. The Morgan fingerprint density at radius 3 is 2.72 bits per heavy atom. The van der Waals surface area contributed by atoms with Crippen LogP contribution in [0.5, 0.6) is 5.75 Å². The van der Waals surface area contributed by atoms with E-state index < -0.39 is 0 Å². The van der Waals surface area contributed by atoms with Gasteiger partial charge in [-0.05, 0) is 37.6 Å². The monoisotopic (exact) mass is 313 g/mol. The molecule has 1 N–H and O–H groups in total. The van der Waals surface area contributed by atoms with Gasteiger partial charge >= 0.3 is 0 Å². The average Bonchev–Trinajstić information content (AvgIpc) is 2.31. The Bertz CT molecular complexity index is 377. The first-order chi connectivity index (χ1) is 8.44. The Kier molecular flexibility index (Phi) is 6.16. The highest BCUT2D eigenvalue weighted by Crippen LogP contribution is 2.25. The number of halogens is 1. The highest BCUT2D eigenvalue weighted by atomic mass is 79.9. The molecule has 0 unspecified atom stereocenters. The van der Waals surface area contributed by atoms with Crippen LogP contribution in [0.1, 0.15) is 32.8 Å². The van der Waals surface area contributed by atoms with Crippen molar-refractivity contribution < 1.29 is 4.74 Å². The lowest BCUT2D eigenvalue weighted by Crippen LogP contribution is -2.34. The molecule has 2 nitrogen and oxygen atoms in total. The molecule has 18 heavy (non-hydrogen) atoms. The highest BCUT2D eigenvalue weighted by molar-refractivity contribution is 9.10. The number of nitrogens with one attached hydrogen (secondary N) is 1. The second-order valence-electron chi connectivity index (χ2n) is 5.54. The fraction of sp³-hybridized carbons (Fsp3) is 0.600. The van der Waals surface area contributed by atoms with Crippen LogP contribution in [-0.2, 0) is 0 Å². The zero-order chi connectivity index (χ0) is 13.6. The predicted molar refractivity (Wildman–Crippen MR) is 81.3 cm³/mol. The number of rotatable bonds is 7. The Morgan fingerprint density at radius 1 is 1.33 bits per heavy atom. The lowest BCUT2D eigenvalue weighted by atomic mass is 9.95. The summed E-state index contributed by atoms with van der Waals surface area (Å²) in [5.41, 5.74) is 1.32. The van der Waals surface area contributed by atoms with Crippen LogP contribution in [0.25, 0.3) is 0 Å². The van der Waals surface area contributed by atoms with Crippen LogP contribution in [0.3, 0.4) is 0 Å². The van der Waals surface area contributed by atoms with Crippen molar-refractivity contribution in [1.29, 1.82) is 0 Å². The van der Waals surface area contributed by atoms with Crippen molar-refractivity contribution in [2.75, 3.05) is 19.7 Å². The molecule has 0 spiro atoms. The molecular weight excluding hydrogens is 290 g/mol. The first-order valence-electron chi connectivity index (χ1n) is 6.54. The largest absolute Gasteiger partial charge is 0.493 e. The number of hydrogen-bond acceptors (Lipinski definition) is 2. The molecular formula is C15H24BrNO. The maximum atomic E-state index is 5.94. The molecule has 0 saturated carbocycles. The summed E-state index contributed by atoms with van der Waals surface area (Å²) in [4.78, 5) is 0. The number of benzene rings is 1. The van der Waals surface area contributed by atoms with E-state index in [-0.39, 0.29) is 5.41 Å². The second kappa shape index (κ2) is 7.15. The van der Waals surface area contributed by atoms with E-state index in [2.05, 4.69) is 55.0 Å². The van der Waals surface area contributed by atoms with Gasteiger partial charge in [-0.25, -0.2) is 0 Å². The Morgan fingerprint density at radius 2 is 2.06 bits per heavy atom. The summed E-state index contributed by atoms with van der Waals surface area (Å²) >= 11 is 3.48. The summed E-state index contributed by atoms with van der Waals surface area (Å²) in [5, 5.41) is 3.45. The molecule has 102 valence electrons. The summed E-state index contributed by atoms with van der Waals surface area (Å²) in [7, 11) is 0. The third kappa shape index (κ3) is 5.40. The molecule has 0 atom stereocenters. The molecule has 1 aromatic rings. The topological polar surface area (TPSA) is 21.3 Å². The summed E-state index contributed by atoms with van der Waals surface area (Å²) in [6.45, 7) is 11.5. The van der Waals surface area contributed by atoms with Gasteiger partial charge in [0, 0.05) is 16.4 Å². The van der Waals surface area contributed by atoms with Crippen molar-refractivity contribution in [3.8, 4) is 5.75 Å². The standard InChI is InChI=1S/C15H24BrNO/c1-5-8-17-10-15(3,4)11-18-14-9-13(16)7-6-12(14)2/h6-7,9,17H,5,8,10-11H2,1-4H3. The van der Waals surface area contributed by atoms with Gasteiger partial charge in [0.2, 0.25) is 0 Å². The van der Waals surface area contributed by atoms with Crippen LogP contribution in [0.2, 0.25) is 0 Å². The van der Waals surface area contributed by atoms with Gasteiger partial charge in [0.25, 0.3) is 0 Å². The lowest BCUT2D eigenvalue weighted by Gasteiger charge is -2.25. The minimum Gasteiger partial charge on any atom is -0.493 e. The summed E-state index contributed by atoms with van der Waals surface area (Å²) in [6, 6.07) is 6.14. The van der Waals surface area contributed by atoms with Gasteiger partial charge in [0.05, 0.1) is 6.61 Å². The molecule has 0 saturated heterocycles. The van der Waals surface area contributed by atoms with Gasteiger partial charge in [-0.2, -0.15) is 0 Å². The van der Waals surface area contributed by atoms with Gasteiger partial charge < -0.3 is 10.1 Å². The van der Waals surface area contributed by atoms with Crippen LogP contribution in [0.4, 0.5) is 0 Å². The predicted octanol–water partition coefficient (Wildman–Crippen LogP) is 4.16. The minimum absolute atomic E-state index is 0.143. The molecule has 0 bridgehead atoms. The number of hydrogen-bond donors (Lipinski definition) is 1. The molecule has 0 aliphatic rings. The van der Waals surface area contributed by atoms with Gasteiger partial charge in [-0.1, -0.05) is 42.8 Å². The van der Waals surface area contributed by atoms with E-state index in [4.69, 9.17) is 4.74 Å². The molecule has 1 aromatic carbocycles. The Labute approximate surface area is 119 Å². The summed E-state index contributed by atoms with van der Waals surface area (Å²) in [5.74, 6) is 0.966. The Hall–Kier alpha value is -0.540. The van der Waals surface area contributed by atoms with Gasteiger partial charge in [-0.15, -0.1) is 0 Å². The molecule has 0 amide bonds. The van der Waals surface area contributed by atoms with E-state index in [1.807, 2.05) is 12.1 Å². The van der Waals surface area contributed by atoms with Crippen molar-refractivity contribution in [1.82, 2.24) is 5.32 Å². The SMILES string of the molecule is CCCNCC(C)(C)COc1cc(Br)ccc1C. The van der Waals surface area contributed by atoms with Gasteiger partial charge in [0.15, 0.2) is 0 Å². The minimum atomic E-state index is 0.143. The van der Waals surface area contributed by atoms with Crippen LogP contribution < -0.4 is 10.1 Å². The molecule has 1 rings (SSSR count). The van der Waals surface area contributed by atoms with E-state index in [0.717, 1.165) is 29.9 Å². The molecule has 0 radical (unpaired) electrons. The normalized spacial score (nSPS) is 11.6. The van der Waals surface area contributed by atoms with Crippen LogP contribution >= 0.6 is 15.9 Å². The van der Waals surface area contributed by atoms with E-state index in [1.54, 1.807) is 0 Å². The number of aryl methyl sites for hydroxylation is 1. The molecule has 3 heteroatoms. The van der Waals surface area contributed by atoms with E-state index >= 15 is 0 Å². The van der Waals surface area contributed by atoms with Gasteiger partial charge in [-0.3, -0.25) is 0 Å². The Balaban J connectivity index is 2.50. The quantitative estimate of drug-likeness (QED) is 0.763. The van der Waals surface area contributed by atoms with E-state index in [0.29, 0.717) is 0 Å². The van der Waals surface area contributed by atoms with Crippen molar-refractivity contribution in [3.05, 3.63) is 28.2 Å². The molecule has 0 aliphatic heterocycles. The van der Waals surface area contributed by atoms with Crippen LogP contribution in [-0.4, -0.2) is 19.7 Å². The molecule has 0 aliphatic carbocycles. The fourth-order valence-corrected chi connectivity index (χ4v) is 2.00. The summed E-state index contributed by atoms with van der Waals surface area (Å²) < 4.78 is 7.00. The van der Waals surface area contributed by atoms with Crippen molar-refractivity contribution in [2.45, 2.75) is 34.1 Å². The second-order valence-corrected chi connectivity index (χ2v) is 6.46. The third-order valence-electron chi connectivity index (χ3n) is 2.80. The molecule has 0 aromatic heterocycles. The highest BCUT2D eigenvalue weighted by Gasteiger charge is 2.18. The zero-order valence-electron chi connectivity index (χ0n) is 11.8. The lowest BCUT2D eigenvalue weighted by molar-refractivity contribution is 0.175. The van der Waals surface area contributed by atoms with Crippen molar-refractivity contribution in [3.63, 3.8) is 0 Å². The first kappa shape index (κ1) is 15.5. The molecule has 0 fully saturated rings. The first-order valence-corrected chi connectivity index (χ1v) is 7.33. The maximum absolute atomic E-state index is 5.94. The van der Waals surface area contributed by atoms with Crippen molar-refractivity contribution >= 4 is 15.9 Å². The third-order valence-corrected chi connectivity index (χ3v) is 3.29. The number of ether oxygens (including phenoxy) is 1. The van der Waals surface area contributed by atoms with Crippen LogP contribution in [0.15, 0.2) is 22.7 Å². The average molecular weight is 314 g/mol. The zero-order valence-corrected chi connectivity index (χ0v) is 13.4. The van der Waals surface area contributed by atoms with E-state index in [1.165, 1.54) is 12.0 Å². The fourth-order valence-electron chi connectivity index (χ4n) is 1.66. The van der Waals surface area contributed by atoms with E-state index in [9.17, 15) is 0 Å². The molecule has 0 heterocycles. The van der Waals surface area contributed by atoms with Crippen molar-refractivity contribution in [2.24, 2.45) is 5.41 Å². The van der Waals surface area contributed by atoms with Gasteiger partial charge in [0.1, 0.15) is 5.75 Å².